The molecule has 20 heavy (non-hydrogen) atoms. The molecule has 1 fully saturated rings. The molecule has 1 atom stereocenters. The van der Waals surface area contributed by atoms with Crippen molar-refractivity contribution in [2.24, 2.45) is 11.7 Å². The predicted molar refractivity (Wildman–Crippen MR) is 82.6 cm³/mol. The number of thioether (sulfide) groups is 1. The van der Waals surface area contributed by atoms with E-state index in [1.54, 1.807) is 0 Å². The van der Waals surface area contributed by atoms with Crippen molar-refractivity contribution < 1.29 is 12.8 Å². The van der Waals surface area contributed by atoms with Gasteiger partial charge in [-0.15, -0.1) is 0 Å². The van der Waals surface area contributed by atoms with Gasteiger partial charge in [0.05, 0.1) is 0 Å². The van der Waals surface area contributed by atoms with Crippen LogP contribution in [0.3, 0.4) is 0 Å². The molecule has 1 saturated heterocycles. The third-order valence-electron chi connectivity index (χ3n) is 3.17. The van der Waals surface area contributed by atoms with Crippen LogP contribution in [0.15, 0.2) is 21.5 Å². The topological polar surface area (TPSA) is 72.2 Å². The van der Waals surface area contributed by atoms with Gasteiger partial charge in [0.25, 0.3) is 0 Å². The summed E-state index contributed by atoms with van der Waals surface area (Å²) in [7, 11) is -3.85. The zero-order valence-corrected chi connectivity index (χ0v) is 14.0. The Morgan fingerprint density at radius 1 is 1.50 bits per heavy atom. The molecule has 112 valence electrons. The van der Waals surface area contributed by atoms with Crippen LogP contribution >= 0.6 is 27.7 Å². The standard InChI is InChI=1S/C12H16BrFN2O2S2/c13-10-3-9(5-15)12(14)11(4-10)20(17,18)16-6-8-1-2-19-7-8/h3-4,8,16H,1-2,5-7,15H2. The first-order valence-corrected chi connectivity index (χ1v) is 9.62. The van der Waals surface area contributed by atoms with Crippen molar-refractivity contribution in [1.82, 2.24) is 4.72 Å². The van der Waals surface area contributed by atoms with E-state index in [0.717, 1.165) is 17.9 Å². The molecule has 1 aliphatic heterocycles. The van der Waals surface area contributed by atoms with E-state index < -0.39 is 15.8 Å². The van der Waals surface area contributed by atoms with E-state index in [4.69, 9.17) is 5.73 Å². The van der Waals surface area contributed by atoms with Gasteiger partial charge >= 0.3 is 0 Å². The summed E-state index contributed by atoms with van der Waals surface area (Å²) in [5.74, 6) is 1.54. The second kappa shape index (κ2) is 6.74. The van der Waals surface area contributed by atoms with Crippen LogP contribution in [-0.4, -0.2) is 26.5 Å². The monoisotopic (exact) mass is 382 g/mol. The molecule has 0 bridgehead atoms. The average Bonchev–Trinajstić information content (AvgIpc) is 2.92. The molecular formula is C12H16BrFN2O2S2. The van der Waals surface area contributed by atoms with Crippen LogP contribution in [0.4, 0.5) is 4.39 Å². The molecule has 1 aromatic carbocycles. The largest absolute Gasteiger partial charge is 0.326 e. The quantitative estimate of drug-likeness (QED) is 0.817. The van der Waals surface area contributed by atoms with Crippen LogP contribution in [0.1, 0.15) is 12.0 Å². The van der Waals surface area contributed by atoms with Gasteiger partial charge in [-0.2, -0.15) is 11.8 Å². The van der Waals surface area contributed by atoms with Gasteiger partial charge in [0, 0.05) is 23.1 Å². The lowest BCUT2D eigenvalue weighted by atomic mass is 10.1. The van der Waals surface area contributed by atoms with Gasteiger partial charge < -0.3 is 5.73 Å². The van der Waals surface area contributed by atoms with Gasteiger partial charge in [0.1, 0.15) is 10.7 Å². The summed E-state index contributed by atoms with van der Waals surface area (Å²) in [6.45, 7) is 0.298. The molecule has 3 N–H and O–H groups in total. The SMILES string of the molecule is NCc1cc(Br)cc(S(=O)(=O)NCC2CCSC2)c1F. The van der Waals surface area contributed by atoms with E-state index in [2.05, 4.69) is 20.7 Å². The van der Waals surface area contributed by atoms with E-state index in [-0.39, 0.29) is 17.0 Å². The molecule has 0 radical (unpaired) electrons. The molecule has 1 aliphatic rings. The van der Waals surface area contributed by atoms with E-state index >= 15 is 0 Å². The number of hydrogen-bond donors (Lipinski definition) is 2. The third-order valence-corrected chi connectivity index (χ3v) is 6.29. The Morgan fingerprint density at radius 2 is 2.25 bits per heavy atom. The smallest absolute Gasteiger partial charge is 0.243 e. The summed E-state index contributed by atoms with van der Waals surface area (Å²) >= 11 is 4.99. The fourth-order valence-electron chi connectivity index (χ4n) is 2.01. The summed E-state index contributed by atoms with van der Waals surface area (Å²) < 4.78 is 41.5. The van der Waals surface area contributed by atoms with Crippen LogP contribution in [0.25, 0.3) is 0 Å². The Labute approximate surface area is 130 Å². The molecule has 0 spiro atoms. The first-order valence-electron chi connectivity index (χ1n) is 6.19. The predicted octanol–water partition coefficient (Wildman–Crippen LogP) is 2.08. The summed E-state index contributed by atoms with van der Waals surface area (Å²) in [5.41, 5.74) is 5.60. The first-order chi connectivity index (χ1) is 9.44. The number of sulfonamides is 1. The molecule has 1 unspecified atom stereocenters. The van der Waals surface area contributed by atoms with E-state index in [0.29, 0.717) is 16.9 Å². The van der Waals surface area contributed by atoms with Crippen LogP contribution in [0, 0.1) is 11.7 Å². The average molecular weight is 383 g/mol. The Bertz CT molecular complexity index is 589. The van der Waals surface area contributed by atoms with Gasteiger partial charge in [-0.25, -0.2) is 17.5 Å². The lowest BCUT2D eigenvalue weighted by Crippen LogP contribution is -2.30. The molecule has 2 rings (SSSR count). The van der Waals surface area contributed by atoms with Gasteiger partial charge in [0.15, 0.2) is 0 Å². The Hall–Kier alpha value is -0.150. The van der Waals surface area contributed by atoms with Crippen LogP contribution < -0.4 is 10.5 Å². The first kappa shape index (κ1) is 16.2. The van der Waals surface area contributed by atoms with E-state index in [9.17, 15) is 12.8 Å². The fourth-order valence-corrected chi connectivity index (χ4v) is 5.21. The maximum atomic E-state index is 14.1. The highest BCUT2D eigenvalue weighted by Gasteiger charge is 2.24. The maximum absolute atomic E-state index is 14.1. The minimum atomic E-state index is -3.85. The molecule has 1 heterocycles. The van der Waals surface area contributed by atoms with E-state index in [1.165, 1.54) is 12.1 Å². The highest BCUT2D eigenvalue weighted by Crippen LogP contribution is 2.25. The molecule has 0 aliphatic carbocycles. The molecule has 0 amide bonds. The minimum Gasteiger partial charge on any atom is -0.326 e. The number of rotatable bonds is 5. The van der Waals surface area contributed by atoms with Crippen molar-refractivity contribution in [2.45, 2.75) is 17.9 Å². The van der Waals surface area contributed by atoms with Gasteiger partial charge in [-0.3, -0.25) is 0 Å². The van der Waals surface area contributed by atoms with Crippen LogP contribution in [0.5, 0.6) is 0 Å². The molecule has 0 saturated carbocycles. The summed E-state index contributed by atoms with van der Waals surface area (Å²) in [5, 5.41) is 0. The second-order valence-electron chi connectivity index (χ2n) is 4.66. The lowest BCUT2D eigenvalue weighted by molar-refractivity contribution is 0.530. The van der Waals surface area contributed by atoms with Crippen molar-refractivity contribution in [1.29, 1.82) is 0 Å². The van der Waals surface area contributed by atoms with Crippen LogP contribution in [-0.2, 0) is 16.6 Å². The number of nitrogens with two attached hydrogens (primary N) is 1. The Morgan fingerprint density at radius 3 is 2.85 bits per heavy atom. The highest BCUT2D eigenvalue weighted by atomic mass is 79.9. The lowest BCUT2D eigenvalue weighted by Gasteiger charge is -2.13. The Kier molecular flexibility index (Phi) is 5.47. The summed E-state index contributed by atoms with van der Waals surface area (Å²) in [6, 6.07) is 2.75. The van der Waals surface area contributed by atoms with Gasteiger partial charge in [-0.1, -0.05) is 15.9 Å². The number of hydrogen-bond acceptors (Lipinski definition) is 4. The Balaban J connectivity index is 2.22. The molecule has 8 heteroatoms. The molecule has 0 aromatic heterocycles. The zero-order chi connectivity index (χ0) is 14.8. The number of halogens is 2. The maximum Gasteiger partial charge on any atom is 0.243 e. The van der Waals surface area contributed by atoms with Crippen LogP contribution in [0.2, 0.25) is 0 Å². The third kappa shape index (κ3) is 3.73. The van der Waals surface area contributed by atoms with Crippen molar-refractivity contribution in [3.8, 4) is 0 Å². The van der Waals surface area contributed by atoms with Crippen molar-refractivity contribution in [3.05, 3.63) is 28.0 Å². The zero-order valence-electron chi connectivity index (χ0n) is 10.7. The van der Waals surface area contributed by atoms with E-state index in [1.807, 2.05) is 11.8 Å². The highest BCUT2D eigenvalue weighted by molar-refractivity contribution is 9.10. The number of nitrogens with one attached hydrogen (secondary N) is 1. The molecule has 4 nitrogen and oxygen atoms in total. The van der Waals surface area contributed by atoms with Crippen molar-refractivity contribution in [2.75, 3.05) is 18.1 Å². The molecular weight excluding hydrogens is 367 g/mol. The minimum absolute atomic E-state index is 0.0486. The van der Waals surface area contributed by atoms with Gasteiger partial charge in [-0.05, 0) is 36.0 Å². The van der Waals surface area contributed by atoms with Gasteiger partial charge in [0.2, 0.25) is 10.0 Å². The summed E-state index contributed by atoms with van der Waals surface area (Å²) in [6.07, 6.45) is 0.988. The number of benzene rings is 1. The second-order valence-corrected chi connectivity index (χ2v) is 8.46. The fraction of sp³-hybridized carbons (Fsp3) is 0.500. The molecule has 1 aromatic rings. The van der Waals surface area contributed by atoms with Crippen molar-refractivity contribution >= 4 is 37.7 Å². The summed E-state index contributed by atoms with van der Waals surface area (Å²) in [4.78, 5) is -0.349. The van der Waals surface area contributed by atoms with Crippen molar-refractivity contribution in [3.63, 3.8) is 0 Å². The normalized spacial score (nSPS) is 19.4.